The molecule has 0 saturated heterocycles. The Hall–Kier alpha value is -3.40. The minimum atomic E-state index is -0.487. The first-order valence-electron chi connectivity index (χ1n) is 9.21. The number of nitro benzene ring substituents is 1. The first kappa shape index (κ1) is 17.7. The summed E-state index contributed by atoms with van der Waals surface area (Å²) in [6, 6.07) is 4.27. The van der Waals surface area contributed by atoms with E-state index < -0.39 is 4.92 Å². The summed E-state index contributed by atoms with van der Waals surface area (Å²) in [7, 11) is 0. The Morgan fingerprint density at radius 3 is 2.90 bits per heavy atom. The lowest BCUT2D eigenvalue weighted by Crippen LogP contribution is -1.98. The van der Waals surface area contributed by atoms with Crippen molar-refractivity contribution in [2.75, 3.05) is 0 Å². The van der Waals surface area contributed by atoms with Gasteiger partial charge in [0.15, 0.2) is 11.5 Å². The average molecular weight is 408 g/mol. The number of benzene rings is 1. The van der Waals surface area contributed by atoms with Crippen LogP contribution in [0.3, 0.4) is 0 Å². The van der Waals surface area contributed by atoms with Gasteiger partial charge in [-0.05, 0) is 44.2 Å². The molecule has 0 saturated carbocycles. The highest BCUT2D eigenvalue weighted by Crippen LogP contribution is 2.41. The number of non-ortho nitro benzene ring substituents is 1. The van der Waals surface area contributed by atoms with Crippen molar-refractivity contribution in [3.8, 4) is 5.88 Å². The number of rotatable bonds is 3. The van der Waals surface area contributed by atoms with Gasteiger partial charge in [0.25, 0.3) is 5.69 Å². The maximum absolute atomic E-state index is 11.1. The fraction of sp³-hybridized carbons (Fsp3) is 0.263. The maximum Gasteiger partial charge on any atom is 0.270 e. The van der Waals surface area contributed by atoms with Gasteiger partial charge in [-0.25, -0.2) is 9.97 Å². The molecule has 0 bridgehead atoms. The van der Waals surface area contributed by atoms with E-state index in [0.717, 1.165) is 29.5 Å². The number of aryl methyl sites for hydroxylation is 3. The summed E-state index contributed by atoms with van der Waals surface area (Å²) in [5, 5.41) is 31.2. The monoisotopic (exact) mass is 408 g/mol. The SMILES string of the molecule is Cc1nc(N=Nc2c(O)[nH]c3ccc([N+](=O)[O-])cc23)c2c3c(sc2n1)CCCC3. The van der Waals surface area contributed by atoms with Gasteiger partial charge in [0.05, 0.1) is 15.8 Å². The van der Waals surface area contributed by atoms with E-state index in [1.807, 2.05) is 6.92 Å². The van der Waals surface area contributed by atoms with Crippen LogP contribution in [0.1, 0.15) is 29.1 Å². The van der Waals surface area contributed by atoms with Crippen LogP contribution < -0.4 is 0 Å². The molecule has 146 valence electrons. The molecule has 4 aromatic rings. The average Bonchev–Trinajstić information content (AvgIpc) is 3.21. The predicted octanol–water partition coefficient (Wildman–Crippen LogP) is 5.39. The molecular formula is C19H16N6O3S. The van der Waals surface area contributed by atoms with Gasteiger partial charge < -0.3 is 10.1 Å². The van der Waals surface area contributed by atoms with E-state index in [1.54, 1.807) is 11.3 Å². The molecule has 1 aliphatic carbocycles. The van der Waals surface area contributed by atoms with Crippen molar-refractivity contribution in [1.82, 2.24) is 15.0 Å². The number of fused-ring (bicyclic) bond motifs is 4. The van der Waals surface area contributed by atoms with E-state index in [4.69, 9.17) is 0 Å². The number of azo groups is 1. The topological polar surface area (TPSA) is 130 Å². The summed E-state index contributed by atoms with van der Waals surface area (Å²) in [4.78, 5) is 24.6. The zero-order valence-corrected chi connectivity index (χ0v) is 16.3. The highest BCUT2D eigenvalue weighted by atomic mass is 32.1. The zero-order chi connectivity index (χ0) is 20.1. The smallest absolute Gasteiger partial charge is 0.270 e. The standard InChI is InChI=1S/C19H16N6O3S/c1-9-20-17(15-11-4-2-3-5-14(11)29-19(15)21-9)24-23-16-12-8-10(25(27)28)6-7-13(12)22-18(16)26/h6-8,22,26H,2-5H2,1H3. The highest BCUT2D eigenvalue weighted by molar-refractivity contribution is 7.19. The van der Waals surface area contributed by atoms with Crippen LogP contribution in [0.25, 0.3) is 21.1 Å². The number of aromatic nitrogens is 3. The van der Waals surface area contributed by atoms with Crippen molar-refractivity contribution in [3.05, 3.63) is 44.6 Å². The normalized spacial score (nSPS) is 14.1. The van der Waals surface area contributed by atoms with Crippen LogP contribution in [0.2, 0.25) is 0 Å². The number of nitrogens with zero attached hydrogens (tertiary/aromatic N) is 5. The molecule has 9 nitrogen and oxygen atoms in total. The van der Waals surface area contributed by atoms with Gasteiger partial charge in [0.2, 0.25) is 5.88 Å². The molecule has 10 heteroatoms. The quantitative estimate of drug-likeness (QED) is 0.267. The molecule has 0 amide bonds. The first-order valence-corrected chi connectivity index (χ1v) is 10.0. The number of nitro groups is 1. The zero-order valence-electron chi connectivity index (χ0n) is 15.5. The van der Waals surface area contributed by atoms with Gasteiger partial charge in [0.1, 0.15) is 10.7 Å². The van der Waals surface area contributed by atoms with E-state index in [1.165, 1.54) is 35.1 Å². The molecular weight excluding hydrogens is 392 g/mol. The molecule has 2 N–H and O–H groups in total. The van der Waals surface area contributed by atoms with Crippen molar-refractivity contribution in [2.24, 2.45) is 10.2 Å². The summed E-state index contributed by atoms with van der Waals surface area (Å²) in [6.07, 6.45) is 4.30. The Kier molecular flexibility index (Phi) is 4.02. The fourth-order valence-corrected chi connectivity index (χ4v) is 5.08. The first-order chi connectivity index (χ1) is 14.0. The summed E-state index contributed by atoms with van der Waals surface area (Å²) >= 11 is 1.68. The van der Waals surface area contributed by atoms with Crippen molar-refractivity contribution < 1.29 is 10.0 Å². The lowest BCUT2D eigenvalue weighted by Gasteiger charge is -2.10. The number of thiophene rings is 1. The van der Waals surface area contributed by atoms with E-state index in [9.17, 15) is 15.2 Å². The Bertz CT molecular complexity index is 1320. The number of hydrogen-bond acceptors (Lipinski definition) is 8. The minimum absolute atomic E-state index is 0.0832. The lowest BCUT2D eigenvalue weighted by molar-refractivity contribution is -0.384. The lowest BCUT2D eigenvalue weighted by atomic mass is 9.97. The fourth-order valence-electron chi connectivity index (χ4n) is 3.78. The molecule has 0 spiro atoms. The number of H-pyrrole nitrogens is 1. The molecule has 3 aromatic heterocycles. The Balaban J connectivity index is 1.66. The van der Waals surface area contributed by atoms with Crippen molar-refractivity contribution >= 4 is 49.6 Å². The van der Waals surface area contributed by atoms with Gasteiger partial charge in [-0.1, -0.05) is 0 Å². The largest absolute Gasteiger partial charge is 0.493 e. The molecule has 0 aliphatic heterocycles. The molecule has 0 atom stereocenters. The molecule has 1 aliphatic rings. The number of nitrogens with one attached hydrogen (secondary N) is 1. The summed E-state index contributed by atoms with van der Waals surface area (Å²) in [5.74, 6) is 0.869. The minimum Gasteiger partial charge on any atom is -0.493 e. The summed E-state index contributed by atoms with van der Waals surface area (Å²) < 4.78 is 0. The van der Waals surface area contributed by atoms with E-state index in [0.29, 0.717) is 22.5 Å². The Morgan fingerprint density at radius 1 is 1.24 bits per heavy atom. The third-order valence-electron chi connectivity index (χ3n) is 5.10. The van der Waals surface area contributed by atoms with Crippen LogP contribution in [0, 0.1) is 17.0 Å². The molecule has 1 aromatic carbocycles. The number of aromatic hydroxyl groups is 1. The third kappa shape index (κ3) is 2.92. The van der Waals surface area contributed by atoms with Gasteiger partial charge in [-0.3, -0.25) is 10.1 Å². The second-order valence-electron chi connectivity index (χ2n) is 6.99. The van der Waals surface area contributed by atoms with Crippen molar-refractivity contribution in [1.29, 1.82) is 0 Å². The van der Waals surface area contributed by atoms with Gasteiger partial charge in [-0.2, -0.15) is 0 Å². The van der Waals surface area contributed by atoms with Gasteiger partial charge in [-0.15, -0.1) is 21.6 Å². The van der Waals surface area contributed by atoms with Crippen LogP contribution in [-0.4, -0.2) is 25.0 Å². The van der Waals surface area contributed by atoms with Gasteiger partial charge in [0, 0.05) is 22.4 Å². The van der Waals surface area contributed by atoms with Crippen molar-refractivity contribution in [2.45, 2.75) is 32.6 Å². The third-order valence-corrected chi connectivity index (χ3v) is 6.28. The Morgan fingerprint density at radius 2 is 2.07 bits per heavy atom. The van der Waals surface area contributed by atoms with Crippen LogP contribution in [0.4, 0.5) is 17.2 Å². The molecule has 0 fully saturated rings. The van der Waals surface area contributed by atoms with Crippen molar-refractivity contribution in [3.63, 3.8) is 0 Å². The molecule has 29 heavy (non-hydrogen) atoms. The van der Waals surface area contributed by atoms with Crippen LogP contribution in [-0.2, 0) is 12.8 Å². The second-order valence-corrected chi connectivity index (χ2v) is 8.08. The predicted molar refractivity (Wildman–Crippen MR) is 110 cm³/mol. The summed E-state index contributed by atoms with van der Waals surface area (Å²) in [5.41, 5.74) is 1.85. The molecule has 5 rings (SSSR count). The second kappa shape index (κ2) is 6.59. The summed E-state index contributed by atoms with van der Waals surface area (Å²) in [6.45, 7) is 1.81. The maximum atomic E-state index is 11.1. The molecule has 0 unspecified atom stereocenters. The van der Waals surface area contributed by atoms with E-state index in [2.05, 4.69) is 25.2 Å². The van der Waals surface area contributed by atoms with E-state index in [-0.39, 0.29) is 17.3 Å². The van der Waals surface area contributed by atoms with Crippen LogP contribution in [0.5, 0.6) is 5.88 Å². The Labute approximate surface area is 168 Å². The van der Waals surface area contributed by atoms with Gasteiger partial charge >= 0.3 is 0 Å². The highest BCUT2D eigenvalue weighted by Gasteiger charge is 2.21. The van der Waals surface area contributed by atoms with Crippen LogP contribution in [0.15, 0.2) is 28.4 Å². The van der Waals surface area contributed by atoms with Crippen LogP contribution >= 0.6 is 11.3 Å². The number of hydrogen-bond donors (Lipinski definition) is 2. The van der Waals surface area contributed by atoms with E-state index >= 15 is 0 Å². The number of aromatic amines is 1. The molecule has 3 heterocycles. The molecule has 0 radical (unpaired) electrons.